The second-order valence-corrected chi connectivity index (χ2v) is 5.55. The predicted molar refractivity (Wildman–Crippen MR) is 86.8 cm³/mol. The summed E-state index contributed by atoms with van der Waals surface area (Å²) >= 11 is 17.6. The van der Waals surface area contributed by atoms with Gasteiger partial charge in [-0.3, -0.25) is 4.79 Å². The fourth-order valence-corrected chi connectivity index (χ4v) is 2.36. The van der Waals surface area contributed by atoms with E-state index in [2.05, 4.69) is 5.32 Å². The molecule has 1 N–H and O–H groups in total. The van der Waals surface area contributed by atoms with Gasteiger partial charge in [-0.2, -0.15) is 0 Å². The van der Waals surface area contributed by atoms with E-state index >= 15 is 0 Å². The van der Waals surface area contributed by atoms with Gasteiger partial charge in [0.05, 0.1) is 20.6 Å². The lowest BCUT2D eigenvalue weighted by molar-refractivity contribution is -0.119. The van der Waals surface area contributed by atoms with E-state index in [1.807, 2.05) is 0 Å². The Morgan fingerprint density at radius 2 is 1.78 bits per heavy atom. The molecule has 2 aromatic carbocycles. The quantitative estimate of drug-likeness (QED) is 0.627. The van der Waals surface area contributed by atoms with Crippen molar-refractivity contribution in [1.29, 1.82) is 0 Å². The molecule has 0 aliphatic heterocycles. The largest absolute Gasteiger partial charge is 0.452 e. The van der Waals surface area contributed by atoms with Crippen LogP contribution in [0.2, 0.25) is 15.1 Å². The average molecular weight is 377 g/mol. The predicted octanol–water partition coefficient (Wildman–Crippen LogP) is 4.58. The molecule has 23 heavy (non-hydrogen) atoms. The summed E-state index contributed by atoms with van der Waals surface area (Å²) in [5.41, 5.74) is 0.115. The summed E-state index contributed by atoms with van der Waals surface area (Å²) in [6, 6.07) is 8.11. The highest BCUT2D eigenvalue weighted by molar-refractivity contribution is 6.46. The molecule has 0 unspecified atom stereocenters. The van der Waals surface area contributed by atoms with Crippen LogP contribution in [0.4, 0.5) is 10.1 Å². The van der Waals surface area contributed by atoms with Gasteiger partial charge in [-0.05, 0) is 30.3 Å². The van der Waals surface area contributed by atoms with Crippen LogP contribution < -0.4 is 5.32 Å². The van der Waals surface area contributed by atoms with E-state index in [0.29, 0.717) is 0 Å². The Kier molecular flexibility index (Phi) is 5.82. The van der Waals surface area contributed by atoms with Crippen LogP contribution >= 0.6 is 34.8 Å². The molecule has 2 aromatic rings. The van der Waals surface area contributed by atoms with Crippen molar-refractivity contribution in [2.24, 2.45) is 0 Å². The van der Waals surface area contributed by atoms with Gasteiger partial charge in [0.1, 0.15) is 5.82 Å². The minimum absolute atomic E-state index is 0.0509. The van der Waals surface area contributed by atoms with Crippen molar-refractivity contribution < 1.29 is 18.7 Å². The van der Waals surface area contributed by atoms with Crippen LogP contribution in [0.15, 0.2) is 36.4 Å². The topological polar surface area (TPSA) is 55.4 Å². The minimum Gasteiger partial charge on any atom is -0.452 e. The number of carbonyl (C=O) groups excluding carboxylic acids is 2. The molecule has 0 aromatic heterocycles. The SMILES string of the molecule is O=C(COC(=O)c1c(Cl)ccc(Cl)c1Cl)Nc1cccc(F)c1. The average Bonchev–Trinajstić information content (AvgIpc) is 2.49. The second-order valence-electron chi connectivity index (χ2n) is 4.35. The van der Waals surface area contributed by atoms with E-state index in [1.165, 1.54) is 30.3 Å². The zero-order valence-corrected chi connectivity index (χ0v) is 13.7. The molecule has 4 nitrogen and oxygen atoms in total. The van der Waals surface area contributed by atoms with E-state index in [4.69, 9.17) is 39.5 Å². The molecule has 0 saturated heterocycles. The van der Waals surface area contributed by atoms with Crippen LogP contribution in [0.3, 0.4) is 0 Å². The van der Waals surface area contributed by atoms with Gasteiger partial charge in [-0.1, -0.05) is 40.9 Å². The number of halogens is 4. The highest BCUT2D eigenvalue weighted by Gasteiger charge is 2.19. The zero-order chi connectivity index (χ0) is 17.0. The summed E-state index contributed by atoms with van der Waals surface area (Å²) in [5, 5.41) is 2.50. The van der Waals surface area contributed by atoms with E-state index < -0.39 is 24.3 Å². The molecule has 1 amide bonds. The number of nitrogens with one attached hydrogen (secondary N) is 1. The van der Waals surface area contributed by atoms with Crippen LogP contribution in [0.1, 0.15) is 10.4 Å². The molecule has 0 bridgehead atoms. The van der Waals surface area contributed by atoms with Crippen molar-refractivity contribution in [3.63, 3.8) is 0 Å². The molecule has 0 aliphatic carbocycles. The fraction of sp³-hybridized carbons (Fsp3) is 0.0667. The van der Waals surface area contributed by atoms with Gasteiger partial charge in [0.15, 0.2) is 6.61 Å². The Hall–Kier alpha value is -1.82. The van der Waals surface area contributed by atoms with Crippen molar-refractivity contribution in [2.45, 2.75) is 0 Å². The molecule has 2 rings (SSSR count). The lowest BCUT2D eigenvalue weighted by Gasteiger charge is -2.09. The molecule has 0 saturated carbocycles. The molecular weight excluding hydrogens is 368 g/mol. The number of rotatable bonds is 4. The molecule has 0 heterocycles. The number of amides is 1. The first-order valence-electron chi connectivity index (χ1n) is 6.24. The smallest absolute Gasteiger partial charge is 0.341 e. The van der Waals surface area contributed by atoms with Gasteiger partial charge in [-0.15, -0.1) is 0 Å². The number of benzene rings is 2. The maximum Gasteiger partial charge on any atom is 0.341 e. The number of hydrogen-bond acceptors (Lipinski definition) is 3. The van der Waals surface area contributed by atoms with Gasteiger partial charge in [0.2, 0.25) is 0 Å². The van der Waals surface area contributed by atoms with Gasteiger partial charge in [0.25, 0.3) is 5.91 Å². The van der Waals surface area contributed by atoms with Gasteiger partial charge >= 0.3 is 5.97 Å². The molecule has 0 spiro atoms. The third-order valence-electron chi connectivity index (χ3n) is 2.69. The van der Waals surface area contributed by atoms with Crippen molar-refractivity contribution >= 4 is 52.4 Å². The van der Waals surface area contributed by atoms with Crippen LogP contribution in [-0.2, 0) is 9.53 Å². The molecule has 0 atom stereocenters. The number of ether oxygens (including phenoxy) is 1. The van der Waals surface area contributed by atoms with Crippen LogP contribution in [-0.4, -0.2) is 18.5 Å². The Labute approximate surface area is 146 Å². The van der Waals surface area contributed by atoms with E-state index in [9.17, 15) is 14.0 Å². The molecule has 120 valence electrons. The lowest BCUT2D eigenvalue weighted by Crippen LogP contribution is -2.21. The van der Waals surface area contributed by atoms with E-state index in [0.717, 1.165) is 6.07 Å². The number of anilines is 1. The summed E-state index contributed by atoms with van der Waals surface area (Å²) in [7, 11) is 0. The van der Waals surface area contributed by atoms with Crippen molar-refractivity contribution in [3.8, 4) is 0 Å². The first-order chi connectivity index (χ1) is 10.9. The van der Waals surface area contributed by atoms with Gasteiger partial charge in [0, 0.05) is 5.69 Å². The summed E-state index contributed by atoms with van der Waals surface area (Å²) in [6.45, 7) is -0.589. The van der Waals surface area contributed by atoms with E-state index in [-0.39, 0.29) is 26.3 Å². The number of carbonyl (C=O) groups is 2. The van der Waals surface area contributed by atoms with Crippen LogP contribution in [0.5, 0.6) is 0 Å². The van der Waals surface area contributed by atoms with Crippen molar-refractivity contribution in [3.05, 3.63) is 62.8 Å². The standard InChI is InChI=1S/C15H9Cl3FNO3/c16-10-4-5-11(17)14(18)13(10)15(22)23-7-12(21)20-9-3-1-2-8(19)6-9/h1-6H,7H2,(H,20,21). The summed E-state index contributed by atoms with van der Waals surface area (Å²) in [4.78, 5) is 23.7. The zero-order valence-electron chi connectivity index (χ0n) is 11.4. The van der Waals surface area contributed by atoms with Crippen molar-refractivity contribution in [1.82, 2.24) is 0 Å². The first kappa shape index (κ1) is 17.5. The Morgan fingerprint density at radius 1 is 1.09 bits per heavy atom. The molecule has 0 fully saturated rings. The van der Waals surface area contributed by atoms with Crippen LogP contribution in [0, 0.1) is 5.82 Å². The summed E-state index contributed by atoms with van der Waals surface area (Å²) in [5.74, 6) is -2.03. The third kappa shape index (κ3) is 4.58. The molecule has 8 heteroatoms. The Morgan fingerprint density at radius 3 is 2.48 bits per heavy atom. The Balaban J connectivity index is 1.99. The lowest BCUT2D eigenvalue weighted by atomic mass is 10.2. The summed E-state index contributed by atoms with van der Waals surface area (Å²) in [6.07, 6.45) is 0. The molecular formula is C15H9Cl3FNO3. The van der Waals surface area contributed by atoms with Gasteiger partial charge < -0.3 is 10.1 Å². The monoisotopic (exact) mass is 375 g/mol. The minimum atomic E-state index is -0.892. The maximum absolute atomic E-state index is 13.0. The highest BCUT2D eigenvalue weighted by Crippen LogP contribution is 2.31. The Bertz CT molecular complexity index is 768. The molecule has 0 aliphatic rings. The van der Waals surface area contributed by atoms with Gasteiger partial charge in [-0.25, -0.2) is 9.18 Å². The van der Waals surface area contributed by atoms with Crippen molar-refractivity contribution in [2.75, 3.05) is 11.9 Å². The third-order valence-corrected chi connectivity index (χ3v) is 3.81. The highest BCUT2D eigenvalue weighted by atomic mass is 35.5. The normalized spacial score (nSPS) is 10.3. The fourth-order valence-electron chi connectivity index (χ4n) is 1.68. The van der Waals surface area contributed by atoms with E-state index in [1.54, 1.807) is 0 Å². The number of hydrogen-bond donors (Lipinski definition) is 1. The summed E-state index contributed by atoms with van der Waals surface area (Å²) < 4.78 is 17.8. The van der Waals surface area contributed by atoms with Crippen LogP contribution in [0.25, 0.3) is 0 Å². The molecule has 0 radical (unpaired) electrons. The second kappa shape index (κ2) is 7.64. The first-order valence-corrected chi connectivity index (χ1v) is 7.38. The maximum atomic E-state index is 13.0. The number of esters is 1.